The number of nitrogens with zero attached hydrogens (tertiary/aromatic N) is 3. The van der Waals surface area contributed by atoms with Gasteiger partial charge in [-0.1, -0.05) is 24.3 Å². The summed E-state index contributed by atoms with van der Waals surface area (Å²) in [6, 6.07) is 19.0. The summed E-state index contributed by atoms with van der Waals surface area (Å²) in [4.78, 5) is 13.2. The van der Waals surface area contributed by atoms with E-state index >= 15 is 0 Å². The fourth-order valence-corrected chi connectivity index (χ4v) is 5.13. The molecule has 6 heteroatoms. The van der Waals surface area contributed by atoms with Gasteiger partial charge in [0.25, 0.3) is 0 Å². The van der Waals surface area contributed by atoms with Crippen LogP contribution in [0.1, 0.15) is 13.8 Å². The number of benzene rings is 2. The first kappa shape index (κ1) is 22.7. The molecule has 4 aromatic rings. The van der Waals surface area contributed by atoms with E-state index in [0.29, 0.717) is 0 Å². The van der Waals surface area contributed by atoms with E-state index in [9.17, 15) is 0 Å². The number of thioether (sulfide) groups is 1. The number of anilines is 1. The number of pyridine rings is 2. The highest BCUT2D eigenvalue weighted by atomic mass is 32.2. The van der Waals surface area contributed by atoms with E-state index in [2.05, 4.69) is 79.6 Å². The van der Waals surface area contributed by atoms with Gasteiger partial charge in [0.1, 0.15) is 11.6 Å². The average molecular weight is 472 g/mol. The van der Waals surface area contributed by atoms with E-state index in [0.717, 1.165) is 57.8 Å². The summed E-state index contributed by atoms with van der Waals surface area (Å²) >= 11 is 1.74. The van der Waals surface area contributed by atoms with Gasteiger partial charge in [0.05, 0.1) is 24.8 Å². The Balaban J connectivity index is 1.52. The molecule has 3 heterocycles. The molecule has 1 saturated heterocycles. The van der Waals surface area contributed by atoms with Gasteiger partial charge in [-0.3, -0.25) is 4.98 Å². The molecule has 1 fully saturated rings. The molecule has 2 aromatic carbocycles. The SMILES string of the molecule is COc1c(-c2ccc(N3C[C@@H](C)O[C@@H](C)C3)nc2)cnc2c(-c3ccc(SC)cc3)cccc12. The van der Waals surface area contributed by atoms with Crippen molar-refractivity contribution in [1.82, 2.24) is 9.97 Å². The molecule has 2 atom stereocenters. The van der Waals surface area contributed by atoms with Gasteiger partial charge in [-0.25, -0.2) is 4.98 Å². The first-order chi connectivity index (χ1) is 16.6. The first-order valence-electron chi connectivity index (χ1n) is 11.5. The van der Waals surface area contributed by atoms with Crippen LogP contribution >= 0.6 is 11.8 Å². The second-order valence-corrected chi connectivity index (χ2v) is 9.58. The van der Waals surface area contributed by atoms with Gasteiger partial charge in [0, 0.05) is 52.5 Å². The zero-order valence-corrected chi connectivity index (χ0v) is 20.8. The van der Waals surface area contributed by atoms with E-state index in [1.807, 2.05) is 12.4 Å². The molecule has 174 valence electrons. The summed E-state index contributed by atoms with van der Waals surface area (Å²) in [7, 11) is 1.72. The molecule has 2 aromatic heterocycles. The van der Waals surface area contributed by atoms with Gasteiger partial charge in [0.2, 0.25) is 0 Å². The molecule has 1 aliphatic heterocycles. The van der Waals surface area contributed by atoms with Gasteiger partial charge in [0.15, 0.2) is 0 Å². The van der Waals surface area contributed by atoms with Crippen molar-refractivity contribution in [2.45, 2.75) is 31.0 Å². The van der Waals surface area contributed by atoms with Crippen molar-refractivity contribution in [1.29, 1.82) is 0 Å². The third-order valence-corrected chi connectivity index (χ3v) is 7.00. The van der Waals surface area contributed by atoms with Gasteiger partial charge in [-0.15, -0.1) is 11.8 Å². The molecule has 0 unspecified atom stereocenters. The summed E-state index contributed by atoms with van der Waals surface area (Å²) in [6.07, 6.45) is 6.29. The van der Waals surface area contributed by atoms with Crippen LogP contribution in [0.4, 0.5) is 5.82 Å². The Morgan fingerprint density at radius 2 is 1.62 bits per heavy atom. The van der Waals surface area contributed by atoms with E-state index in [1.54, 1.807) is 18.9 Å². The van der Waals surface area contributed by atoms with Crippen LogP contribution in [0.15, 0.2) is 71.9 Å². The topological polar surface area (TPSA) is 47.5 Å². The van der Waals surface area contributed by atoms with Crippen LogP contribution in [0, 0.1) is 0 Å². The molecule has 5 nitrogen and oxygen atoms in total. The molecule has 34 heavy (non-hydrogen) atoms. The highest BCUT2D eigenvalue weighted by Gasteiger charge is 2.23. The molecule has 5 rings (SSSR count). The standard InChI is InChI=1S/C28H29N3O2S/c1-18-16-31(17-19(2)33-18)26-13-10-21(14-29-26)25-15-30-27-23(6-5-7-24(27)28(25)32-3)20-8-11-22(34-4)12-9-20/h5-15,18-19H,16-17H2,1-4H3/t18-,19+. The lowest BCUT2D eigenvalue weighted by atomic mass is 9.99. The molecule has 0 amide bonds. The number of ether oxygens (including phenoxy) is 2. The van der Waals surface area contributed by atoms with Gasteiger partial charge >= 0.3 is 0 Å². The lowest BCUT2D eigenvalue weighted by Gasteiger charge is -2.36. The van der Waals surface area contributed by atoms with Crippen LogP contribution in [0.25, 0.3) is 33.2 Å². The minimum atomic E-state index is 0.195. The zero-order chi connectivity index (χ0) is 23.7. The number of aromatic nitrogens is 2. The zero-order valence-electron chi connectivity index (χ0n) is 20.0. The van der Waals surface area contributed by atoms with E-state index in [4.69, 9.17) is 19.4 Å². The maximum absolute atomic E-state index is 5.92. The Labute approximate surface area is 205 Å². The number of morpholine rings is 1. The molecule has 0 spiro atoms. The quantitative estimate of drug-likeness (QED) is 0.318. The molecule has 0 bridgehead atoms. The van der Waals surface area contributed by atoms with Crippen LogP contribution in [-0.4, -0.2) is 48.6 Å². The highest BCUT2D eigenvalue weighted by molar-refractivity contribution is 7.98. The fourth-order valence-electron chi connectivity index (χ4n) is 4.73. The average Bonchev–Trinajstić information content (AvgIpc) is 2.87. The predicted molar refractivity (Wildman–Crippen MR) is 141 cm³/mol. The van der Waals surface area contributed by atoms with Gasteiger partial charge < -0.3 is 14.4 Å². The molecule has 0 saturated carbocycles. The summed E-state index contributed by atoms with van der Waals surface area (Å²) < 4.78 is 11.8. The maximum atomic E-state index is 5.92. The lowest BCUT2D eigenvalue weighted by Crippen LogP contribution is -2.45. The first-order valence-corrected chi connectivity index (χ1v) is 12.8. The lowest BCUT2D eigenvalue weighted by molar-refractivity contribution is -0.00545. The van der Waals surface area contributed by atoms with Crippen LogP contribution in [0.2, 0.25) is 0 Å². The Hall–Kier alpha value is -3.09. The predicted octanol–water partition coefficient (Wildman–Crippen LogP) is 6.31. The van der Waals surface area contributed by atoms with Crippen molar-refractivity contribution in [3.05, 3.63) is 67.0 Å². The highest BCUT2D eigenvalue weighted by Crippen LogP contribution is 2.39. The normalized spacial score (nSPS) is 18.3. The van der Waals surface area contributed by atoms with E-state index in [-0.39, 0.29) is 12.2 Å². The fraction of sp³-hybridized carbons (Fsp3) is 0.286. The van der Waals surface area contributed by atoms with Gasteiger partial charge in [-0.2, -0.15) is 0 Å². The molecular formula is C28H29N3O2S. The molecule has 1 aliphatic rings. The van der Waals surface area contributed by atoms with E-state index < -0.39 is 0 Å². The number of fused-ring (bicyclic) bond motifs is 1. The minimum Gasteiger partial charge on any atom is -0.495 e. The largest absolute Gasteiger partial charge is 0.495 e. The monoisotopic (exact) mass is 471 g/mol. The van der Waals surface area contributed by atoms with Crippen LogP contribution in [-0.2, 0) is 4.74 Å². The van der Waals surface area contributed by atoms with Crippen molar-refractivity contribution in [2.24, 2.45) is 0 Å². The summed E-state index contributed by atoms with van der Waals surface area (Å²) in [5.41, 5.74) is 5.09. The summed E-state index contributed by atoms with van der Waals surface area (Å²) in [5.74, 6) is 1.78. The van der Waals surface area contributed by atoms with Crippen molar-refractivity contribution in [3.63, 3.8) is 0 Å². The molecular weight excluding hydrogens is 442 g/mol. The van der Waals surface area contributed by atoms with Crippen LogP contribution < -0.4 is 9.64 Å². The number of rotatable bonds is 5. The third kappa shape index (κ3) is 4.36. The Kier molecular flexibility index (Phi) is 6.44. The summed E-state index contributed by atoms with van der Waals surface area (Å²) in [6.45, 7) is 5.90. The summed E-state index contributed by atoms with van der Waals surface area (Å²) in [5, 5.41) is 0.992. The Morgan fingerprint density at radius 3 is 2.26 bits per heavy atom. The molecule has 0 aliphatic carbocycles. The van der Waals surface area contributed by atoms with E-state index in [1.165, 1.54) is 4.90 Å². The Morgan fingerprint density at radius 1 is 0.882 bits per heavy atom. The van der Waals surface area contributed by atoms with Crippen molar-refractivity contribution in [2.75, 3.05) is 31.4 Å². The molecule has 0 radical (unpaired) electrons. The second kappa shape index (κ2) is 9.65. The number of methoxy groups -OCH3 is 1. The van der Waals surface area contributed by atoms with Crippen LogP contribution in [0.3, 0.4) is 0 Å². The smallest absolute Gasteiger partial charge is 0.137 e. The second-order valence-electron chi connectivity index (χ2n) is 8.70. The maximum Gasteiger partial charge on any atom is 0.137 e. The van der Waals surface area contributed by atoms with Crippen LogP contribution in [0.5, 0.6) is 5.75 Å². The van der Waals surface area contributed by atoms with Crippen molar-refractivity contribution >= 4 is 28.5 Å². The number of hydrogen-bond acceptors (Lipinski definition) is 6. The number of hydrogen-bond donors (Lipinski definition) is 0. The molecule has 0 N–H and O–H groups in total. The Bertz CT molecular complexity index is 1280. The third-order valence-electron chi connectivity index (χ3n) is 6.26. The minimum absolute atomic E-state index is 0.195. The van der Waals surface area contributed by atoms with Crippen molar-refractivity contribution < 1.29 is 9.47 Å². The van der Waals surface area contributed by atoms with Crippen molar-refractivity contribution in [3.8, 4) is 28.0 Å². The number of para-hydroxylation sites is 1. The van der Waals surface area contributed by atoms with Gasteiger partial charge in [-0.05, 0) is 56.0 Å².